The van der Waals surface area contributed by atoms with Gasteiger partial charge in [-0.25, -0.2) is 0 Å². The molecule has 3 heteroatoms. The number of piperidine rings is 1. The van der Waals surface area contributed by atoms with Crippen molar-refractivity contribution in [2.24, 2.45) is 0 Å². The first-order chi connectivity index (χ1) is 11.8. The van der Waals surface area contributed by atoms with Crippen LogP contribution in [-0.2, 0) is 6.54 Å². The third-order valence-corrected chi connectivity index (χ3v) is 5.17. The smallest absolute Gasteiger partial charge is 0.150 e. The molecule has 1 fully saturated rings. The van der Waals surface area contributed by atoms with E-state index in [1.165, 1.54) is 34.9 Å². The number of hydrogen-bond acceptors (Lipinski definition) is 2. The summed E-state index contributed by atoms with van der Waals surface area (Å²) in [6, 6.07) is 16.5. The maximum absolute atomic E-state index is 10.7. The van der Waals surface area contributed by atoms with Gasteiger partial charge < -0.3 is 4.98 Å². The van der Waals surface area contributed by atoms with E-state index in [1.807, 2.05) is 12.1 Å². The number of para-hydroxylation sites is 1. The third kappa shape index (κ3) is 3.00. The second kappa shape index (κ2) is 6.62. The minimum Gasteiger partial charge on any atom is -0.361 e. The molecule has 1 aromatic heterocycles. The lowest BCUT2D eigenvalue weighted by Gasteiger charge is -2.32. The molecule has 3 nitrogen and oxygen atoms in total. The van der Waals surface area contributed by atoms with Gasteiger partial charge in [0.15, 0.2) is 0 Å². The zero-order valence-corrected chi connectivity index (χ0v) is 13.7. The highest BCUT2D eigenvalue weighted by Gasteiger charge is 2.22. The summed E-state index contributed by atoms with van der Waals surface area (Å²) in [5.41, 5.74) is 4.74. The Labute approximate surface area is 142 Å². The van der Waals surface area contributed by atoms with E-state index >= 15 is 0 Å². The zero-order valence-electron chi connectivity index (χ0n) is 13.7. The molecule has 2 heterocycles. The number of carbonyl (C=O) groups excluding carboxylic acids is 1. The molecule has 0 radical (unpaired) electrons. The quantitative estimate of drug-likeness (QED) is 0.726. The molecule has 1 saturated heterocycles. The van der Waals surface area contributed by atoms with Gasteiger partial charge in [-0.3, -0.25) is 9.69 Å². The number of rotatable bonds is 4. The van der Waals surface area contributed by atoms with Gasteiger partial charge in [-0.05, 0) is 49.0 Å². The van der Waals surface area contributed by atoms with Crippen LogP contribution in [0.15, 0.2) is 54.7 Å². The summed E-state index contributed by atoms with van der Waals surface area (Å²) in [5, 5.41) is 1.38. The van der Waals surface area contributed by atoms with Gasteiger partial charge in [0.1, 0.15) is 6.29 Å². The minimum absolute atomic E-state index is 0.648. The number of likely N-dealkylation sites (tertiary alicyclic amines) is 1. The first-order valence-corrected chi connectivity index (χ1v) is 8.66. The summed E-state index contributed by atoms with van der Waals surface area (Å²) in [7, 11) is 0. The lowest BCUT2D eigenvalue weighted by molar-refractivity contribution is 0.112. The van der Waals surface area contributed by atoms with Crippen molar-refractivity contribution < 1.29 is 4.79 Å². The molecule has 0 spiro atoms. The number of nitrogens with zero attached hydrogens (tertiary/aromatic N) is 1. The number of hydrogen-bond donors (Lipinski definition) is 1. The summed E-state index contributed by atoms with van der Waals surface area (Å²) in [6.45, 7) is 3.22. The van der Waals surface area contributed by atoms with Gasteiger partial charge in [-0.2, -0.15) is 0 Å². The molecule has 0 atom stereocenters. The second-order valence-electron chi connectivity index (χ2n) is 6.70. The molecule has 1 aliphatic rings. The Bertz CT molecular complexity index is 826. The summed E-state index contributed by atoms with van der Waals surface area (Å²) in [6.07, 6.45) is 5.50. The molecule has 0 amide bonds. The number of H-pyrrole nitrogens is 1. The topological polar surface area (TPSA) is 36.1 Å². The van der Waals surface area contributed by atoms with Crippen LogP contribution in [0.5, 0.6) is 0 Å². The van der Waals surface area contributed by atoms with Crippen LogP contribution >= 0.6 is 0 Å². The average molecular weight is 318 g/mol. The first kappa shape index (κ1) is 15.2. The summed E-state index contributed by atoms with van der Waals surface area (Å²) in [4.78, 5) is 16.7. The van der Waals surface area contributed by atoms with Crippen LogP contribution in [0.3, 0.4) is 0 Å². The lowest BCUT2D eigenvalue weighted by atomic mass is 9.89. The Morgan fingerprint density at radius 1 is 1.04 bits per heavy atom. The highest BCUT2D eigenvalue weighted by molar-refractivity contribution is 5.83. The van der Waals surface area contributed by atoms with E-state index in [4.69, 9.17) is 0 Å². The Kier molecular flexibility index (Phi) is 4.18. The number of nitrogens with one attached hydrogen (secondary N) is 1. The monoisotopic (exact) mass is 318 g/mol. The number of aromatic amines is 1. The fourth-order valence-corrected chi connectivity index (χ4v) is 3.79. The van der Waals surface area contributed by atoms with Crippen LogP contribution in [0, 0.1) is 0 Å². The van der Waals surface area contributed by atoms with E-state index in [0.717, 1.165) is 31.5 Å². The molecule has 1 N–H and O–H groups in total. The van der Waals surface area contributed by atoms with E-state index in [2.05, 4.69) is 52.5 Å². The van der Waals surface area contributed by atoms with Crippen molar-refractivity contribution >= 4 is 17.2 Å². The van der Waals surface area contributed by atoms with Gasteiger partial charge in [0.05, 0.1) is 0 Å². The van der Waals surface area contributed by atoms with Crippen LogP contribution in [0.4, 0.5) is 0 Å². The van der Waals surface area contributed by atoms with Crippen molar-refractivity contribution in [2.75, 3.05) is 13.1 Å². The van der Waals surface area contributed by atoms with E-state index < -0.39 is 0 Å². The Morgan fingerprint density at radius 3 is 2.54 bits per heavy atom. The highest BCUT2D eigenvalue weighted by atomic mass is 16.1. The van der Waals surface area contributed by atoms with Crippen LogP contribution in [0.1, 0.15) is 40.2 Å². The molecule has 2 aromatic carbocycles. The number of benzene rings is 2. The predicted molar refractivity (Wildman–Crippen MR) is 97.4 cm³/mol. The molecule has 1 aliphatic heterocycles. The maximum atomic E-state index is 10.7. The van der Waals surface area contributed by atoms with Crippen molar-refractivity contribution in [1.82, 2.24) is 9.88 Å². The molecular weight excluding hydrogens is 296 g/mol. The molecule has 24 heavy (non-hydrogen) atoms. The summed E-state index contributed by atoms with van der Waals surface area (Å²) in [5.74, 6) is 0.648. The second-order valence-corrected chi connectivity index (χ2v) is 6.70. The summed E-state index contributed by atoms with van der Waals surface area (Å²) >= 11 is 0. The average Bonchev–Trinajstić information content (AvgIpc) is 3.07. The number of fused-ring (bicyclic) bond motifs is 1. The Hall–Kier alpha value is -2.39. The maximum Gasteiger partial charge on any atom is 0.150 e. The SMILES string of the molecule is O=Cc1ccc(CN2CCC(c3c[nH]c4ccccc34)CC2)cc1. The highest BCUT2D eigenvalue weighted by Crippen LogP contribution is 2.33. The van der Waals surface area contributed by atoms with Gasteiger partial charge >= 0.3 is 0 Å². The number of aromatic nitrogens is 1. The zero-order chi connectivity index (χ0) is 16.4. The van der Waals surface area contributed by atoms with Crippen LogP contribution < -0.4 is 0 Å². The minimum atomic E-state index is 0.648. The molecule has 0 bridgehead atoms. The lowest BCUT2D eigenvalue weighted by Crippen LogP contribution is -2.32. The van der Waals surface area contributed by atoms with E-state index in [9.17, 15) is 4.79 Å². The van der Waals surface area contributed by atoms with E-state index in [1.54, 1.807) is 0 Å². The fourth-order valence-electron chi connectivity index (χ4n) is 3.79. The summed E-state index contributed by atoms with van der Waals surface area (Å²) < 4.78 is 0. The van der Waals surface area contributed by atoms with E-state index in [-0.39, 0.29) is 0 Å². The van der Waals surface area contributed by atoms with E-state index in [0.29, 0.717) is 5.92 Å². The largest absolute Gasteiger partial charge is 0.361 e. The molecule has 0 unspecified atom stereocenters. The molecule has 0 saturated carbocycles. The first-order valence-electron chi connectivity index (χ1n) is 8.66. The Balaban J connectivity index is 1.40. The number of aldehydes is 1. The number of carbonyl (C=O) groups is 1. The molecule has 3 aromatic rings. The van der Waals surface area contributed by atoms with Gasteiger partial charge in [-0.1, -0.05) is 42.5 Å². The predicted octanol–water partition coefficient (Wildman–Crippen LogP) is 4.36. The van der Waals surface area contributed by atoms with Gasteiger partial charge in [-0.15, -0.1) is 0 Å². The fraction of sp³-hybridized carbons (Fsp3) is 0.286. The molecule has 122 valence electrons. The van der Waals surface area contributed by atoms with Gasteiger partial charge in [0, 0.05) is 29.2 Å². The molecule has 4 rings (SSSR count). The van der Waals surface area contributed by atoms with Gasteiger partial charge in [0.2, 0.25) is 0 Å². The normalized spacial score (nSPS) is 16.5. The van der Waals surface area contributed by atoms with Crippen LogP contribution in [-0.4, -0.2) is 29.3 Å². The van der Waals surface area contributed by atoms with Gasteiger partial charge in [0.25, 0.3) is 0 Å². The van der Waals surface area contributed by atoms with Crippen LogP contribution in [0.2, 0.25) is 0 Å². The van der Waals surface area contributed by atoms with Crippen molar-refractivity contribution in [3.8, 4) is 0 Å². The Morgan fingerprint density at radius 2 is 1.79 bits per heavy atom. The van der Waals surface area contributed by atoms with Crippen molar-refractivity contribution in [2.45, 2.75) is 25.3 Å². The molecule has 0 aliphatic carbocycles. The molecular formula is C21H22N2O. The standard InChI is InChI=1S/C21H22N2O/c24-15-17-7-5-16(6-8-17)14-23-11-9-18(10-12-23)20-13-22-21-4-2-1-3-19(20)21/h1-8,13,15,18,22H,9-12,14H2. The van der Waals surface area contributed by atoms with Crippen LogP contribution in [0.25, 0.3) is 10.9 Å². The van der Waals surface area contributed by atoms with Crippen molar-refractivity contribution in [1.29, 1.82) is 0 Å². The van der Waals surface area contributed by atoms with Crippen molar-refractivity contribution in [3.63, 3.8) is 0 Å². The third-order valence-electron chi connectivity index (χ3n) is 5.17. The van der Waals surface area contributed by atoms with Crippen molar-refractivity contribution in [3.05, 3.63) is 71.4 Å².